The number of hydrogen-bond donors (Lipinski definition) is 2. The summed E-state index contributed by atoms with van der Waals surface area (Å²) in [6.07, 6.45) is 1.29. The average Bonchev–Trinajstić information content (AvgIpc) is 2.76. The van der Waals surface area contributed by atoms with Gasteiger partial charge in [0.15, 0.2) is 0 Å². The Labute approximate surface area is 177 Å². The minimum Gasteiger partial charge on any atom is -0.383 e. The van der Waals surface area contributed by atoms with E-state index in [1.807, 2.05) is 44.2 Å². The van der Waals surface area contributed by atoms with E-state index in [2.05, 4.69) is 34.6 Å². The Hall–Kier alpha value is -2.94. The van der Waals surface area contributed by atoms with Crippen molar-refractivity contribution in [1.82, 2.24) is 10.3 Å². The van der Waals surface area contributed by atoms with E-state index in [0.717, 1.165) is 40.7 Å². The van der Waals surface area contributed by atoms with Crippen LogP contribution < -0.4 is 10.9 Å². The fourth-order valence-electron chi connectivity index (χ4n) is 3.72. The molecule has 0 aliphatic heterocycles. The van der Waals surface area contributed by atoms with Gasteiger partial charge in [-0.2, -0.15) is 5.26 Å². The van der Waals surface area contributed by atoms with Gasteiger partial charge in [0.25, 0.3) is 5.56 Å². The smallest absolute Gasteiger partial charge is 0.251 e. The molecule has 0 fully saturated rings. The molecule has 2 N–H and O–H groups in total. The lowest BCUT2D eigenvalue weighted by Gasteiger charge is -2.23. The molecule has 0 bridgehead atoms. The molecule has 1 heterocycles. The third-order valence-corrected chi connectivity index (χ3v) is 5.55. The molecular formula is C25H29N3O2. The summed E-state index contributed by atoms with van der Waals surface area (Å²) in [5, 5.41) is 14.4. The lowest BCUT2D eigenvalue weighted by Crippen LogP contribution is -2.23. The summed E-state index contributed by atoms with van der Waals surface area (Å²) in [4.78, 5) is 15.2. The van der Waals surface area contributed by atoms with Gasteiger partial charge in [0.1, 0.15) is 0 Å². The molecular weight excluding hydrogens is 374 g/mol. The lowest BCUT2D eigenvalue weighted by molar-refractivity contribution is 0.199. The molecule has 30 heavy (non-hydrogen) atoms. The second-order valence-electron chi connectivity index (χ2n) is 7.89. The largest absolute Gasteiger partial charge is 0.383 e. The highest BCUT2D eigenvalue weighted by Crippen LogP contribution is 2.30. The van der Waals surface area contributed by atoms with Crippen molar-refractivity contribution in [3.63, 3.8) is 0 Å². The highest BCUT2D eigenvalue weighted by atomic mass is 16.5. The van der Waals surface area contributed by atoms with Crippen molar-refractivity contribution in [2.24, 2.45) is 0 Å². The normalized spacial score (nSPS) is 13.1. The number of nitrogens with zero attached hydrogens (tertiary/aromatic N) is 1. The first kappa shape index (κ1) is 21.8. The Bertz CT molecular complexity index is 1110. The first-order valence-electron chi connectivity index (χ1n) is 10.3. The van der Waals surface area contributed by atoms with Crippen molar-refractivity contribution in [1.29, 1.82) is 5.26 Å². The van der Waals surface area contributed by atoms with Crippen LogP contribution in [0.5, 0.6) is 0 Å². The molecule has 0 spiro atoms. The molecule has 0 aliphatic carbocycles. The van der Waals surface area contributed by atoms with Gasteiger partial charge in [0, 0.05) is 31.3 Å². The highest BCUT2D eigenvalue weighted by Gasteiger charge is 2.27. The first-order chi connectivity index (χ1) is 14.5. The second kappa shape index (κ2) is 9.71. The van der Waals surface area contributed by atoms with Gasteiger partial charge in [-0.25, -0.2) is 0 Å². The van der Waals surface area contributed by atoms with Crippen molar-refractivity contribution < 1.29 is 4.74 Å². The third-order valence-electron chi connectivity index (χ3n) is 5.55. The molecule has 2 aromatic carbocycles. The number of H-pyrrole nitrogens is 1. The summed E-state index contributed by atoms with van der Waals surface area (Å²) in [5.41, 5.74) is 3.98. The number of ether oxygens (including phenoxy) is 1. The summed E-state index contributed by atoms with van der Waals surface area (Å²) in [6.45, 7) is 6.16. The number of nitrogens with one attached hydrogen (secondary N) is 2. The fourth-order valence-corrected chi connectivity index (χ4v) is 3.72. The molecule has 3 rings (SSSR count). The molecule has 156 valence electrons. The molecule has 1 aromatic heterocycles. The van der Waals surface area contributed by atoms with Crippen molar-refractivity contribution in [2.45, 2.75) is 38.6 Å². The summed E-state index contributed by atoms with van der Waals surface area (Å²) < 4.78 is 5.06. The first-order valence-corrected chi connectivity index (χ1v) is 10.3. The molecule has 0 saturated heterocycles. The van der Waals surface area contributed by atoms with E-state index in [9.17, 15) is 10.1 Å². The minimum absolute atomic E-state index is 0.0607. The highest BCUT2D eigenvalue weighted by molar-refractivity contribution is 5.80. The van der Waals surface area contributed by atoms with Gasteiger partial charge in [0.05, 0.1) is 18.1 Å². The van der Waals surface area contributed by atoms with E-state index in [4.69, 9.17) is 4.74 Å². The molecule has 0 saturated carbocycles. The number of rotatable bonds is 9. The van der Waals surface area contributed by atoms with Gasteiger partial charge in [-0.05, 0) is 54.0 Å². The van der Waals surface area contributed by atoms with Crippen LogP contribution in [0.4, 0.5) is 0 Å². The van der Waals surface area contributed by atoms with Crippen molar-refractivity contribution >= 4 is 10.9 Å². The van der Waals surface area contributed by atoms with E-state index in [1.54, 1.807) is 7.11 Å². The molecule has 0 aliphatic rings. The van der Waals surface area contributed by atoms with Crippen LogP contribution in [-0.4, -0.2) is 25.2 Å². The van der Waals surface area contributed by atoms with Gasteiger partial charge in [-0.1, -0.05) is 43.3 Å². The number of fused-ring (bicyclic) bond motifs is 1. The summed E-state index contributed by atoms with van der Waals surface area (Å²) in [7, 11) is 1.69. The molecule has 0 radical (unpaired) electrons. The van der Waals surface area contributed by atoms with Crippen molar-refractivity contribution in [3.05, 3.63) is 81.1 Å². The number of hydrogen-bond acceptors (Lipinski definition) is 4. The number of aromatic amines is 1. The second-order valence-corrected chi connectivity index (χ2v) is 7.89. The van der Waals surface area contributed by atoms with Crippen LogP contribution in [0.3, 0.4) is 0 Å². The average molecular weight is 404 g/mol. The maximum absolute atomic E-state index is 12.2. The molecule has 1 unspecified atom stereocenters. The van der Waals surface area contributed by atoms with Gasteiger partial charge in [0.2, 0.25) is 0 Å². The van der Waals surface area contributed by atoms with E-state index in [-0.39, 0.29) is 5.56 Å². The van der Waals surface area contributed by atoms with E-state index in [1.165, 1.54) is 5.56 Å². The number of aromatic nitrogens is 1. The zero-order chi connectivity index (χ0) is 21.6. The minimum atomic E-state index is -0.698. The van der Waals surface area contributed by atoms with E-state index in [0.29, 0.717) is 19.4 Å². The Morgan fingerprint density at radius 2 is 1.97 bits per heavy atom. The van der Waals surface area contributed by atoms with Gasteiger partial charge in [-0.3, -0.25) is 4.79 Å². The van der Waals surface area contributed by atoms with Crippen molar-refractivity contribution in [2.75, 3.05) is 20.3 Å². The van der Waals surface area contributed by atoms with Gasteiger partial charge >= 0.3 is 0 Å². The topological polar surface area (TPSA) is 77.9 Å². The maximum atomic E-state index is 12.2. The number of pyridine rings is 1. The van der Waals surface area contributed by atoms with E-state index >= 15 is 0 Å². The predicted octanol–water partition coefficient (Wildman–Crippen LogP) is 3.85. The number of methoxy groups -OCH3 is 1. The molecule has 3 aromatic rings. The summed E-state index contributed by atoms with van der Waals surface area (Å²) in [5.74, 6) is 0. The Morgan fingerprint density at radius 3 is 2.70 bits per heavy atom. The Morgan fingerprint density at radius 1 is 1.17 bits per heavy atom. The van der Waals surface area contributed by atoms with Crippen LogP contribution in [0.25, 0.3) is 10.9 Å². The number of aryl methyl sites for hydroxylation is 1. The Kier molecular flexibility index (Phi) is 7.04. The quantitative estimate of drug-likeness (QED) is 0.532. The SMILES string of the molecule is CCc1cc2ccc(C(C)(C#N)Cc3cccc(CNCCOC)c3)cc2[nH]c1=O. The fraction of sp³-hybridized carbons (Fsp3) is 0.360. The summed E-state index contributed by atoms with van der Waals surface area (Å²) in [6, 6.07) is 18.7. The maximum Gasteiger partial charge on any atom is 0.251 e. The summed E-state index contributed by atoms with van der Waals surface area (Å²) >= 11 is 0. The molecule has 0 amide bonds. The zero-order valence-corrected chi connectivity index (χ0v) is 17.9. The zero-order valence-electron chi connectivity index (χ0n) is 17.9. The number of nitriles is 1. The van der Waals surface area contributed by atoms with Crippen LogP contribution in [-0.2, 0) is 29.5 Å². The van der Waals surface area contributed by atoms with Crippen LogP contribution in [0, 0.1) is 11.3 Å². The van der Waals surface area contributed by atoms with Crippen molar-refractivity contribution in [3.8, 4) is 6.07 Å². The third kappa shape index (κ3) is 4.96. The van der Waals surface area contributed by atoms with Crippen LogP contribution in [0.2, 0.25) is 0 Å². The molecule has 5 nitrogen and oxygen atoms in total. The predicted molar refractivity (Wildman–Crippen MR) is 121 cm³/mol. The Balaban J connectivity index is 1.85. The molecule has 1 atom stereocenters. The van der Waals surface area contributed by atoms with Crippen LogP contribution in [0.1, 0.15) is 36.1 Å². The monoisotopic (exact) mass is 403 g/mol. The number of benzene rings is 2. The van der Waals surface area contributed by atoms with E-state index < -0.39 is 5.41 Å². The lowest BCUT2D eigenvalue weighted by atomic mass is 9.78. The molecule has 5 heteroatoms. The van der Waals surface area contributed by atoms with Gasteiger partial charge < -0.3 is 15.0 Å². The standard InChI is InChI=1S/C25H29N3O2/c1-4-20-13-21-8-9-22(14-23(21)28-24(20)29)25(2,17-26)15-18-6-5-7-19(12-18)16-27-10-11-30-3/h5-9,12-14,27H,4,10-11,15-16H2,1-3H3,(H,28,29). The van der Waals surface area contributed by atoms with Gasteiger partial charge in [-0.15, -0.1) is 0 Å². The van der Waals surface area contributed by atoms with Crippen LogP contribution >= 0.6 is 0 Å². The van der Waals surface area contributed by atoms with Crippen LogP contribution in [0.15, 0.2) is 53.3 Å².